The number of anilines is 1. The van der Waals surface area contributed by atoms with Crippen LogP contribution in [0.3, 0.4) is 0 Å². The van der Waals surface area contributed by atoms with E-state index in [1.807, 2.05) is 62.4 Å². The lowest BCUT2D eigenvalue weighted by Gasteiger charge is -2.31. The normalized spacial score (nSPS) is 21.0. The van der Waals surface area contributed by atoms with Gasteiger partial charge in [-0.15, -0.1) is 23.1 Å². The molecule has 2 aromatic carbocycles. The van der Waals surface area contributed by atoms with E-state index in [1.54, 1.807) is 34.3 Å². The highest BCUT2D eigenvalue weighted by atomic mass is 32.2. The number of hydrogen-bond acceptors (Lipinski definition) is 6. The van der Waals surface area contributed by atoms with E-state index < -0.39 is 16.8 Å². The van der Waals surface area contributed by atoms with Gasteiger partial charge in [-0.05, 0) is 31.0 Å². The number of thiazole rings is 1. The van der Waals surface area contributed by atoms with Crippen molar-refractivity contribution in [3.05, 3.63) is 82.9 Å². The summed E-state index contributed by atoms with van der Waals surface area (Å²) >= 11 is 2.91. The number of nitrogens with zero attached hydrogens (tertiary/aromatic N) is 2. The predicted octanol–water partition coefficient (Wildman–Crippen LogP) is 3.86. The Kier molecular flexibility index (Phi) is 5.91. The first-order valence-corrected chi connectivity index (χ1v) is 12.7. The minimum absolute atomic E-state index is 0.148. The maximum atomic E-state index is 13.7. The Morgan fingerprint density at radius 3 is 2.59 bits per heavy atom. The molecule has 0 saturated carbocycles. The summed E-state index contributed by atoms with van der Waals surface area (Å²) in [5, 5.41) is 7.78. The number of carbonyl (C=O) groups excluding carboxylic acids is 3. The summed E-state index contributed by atoms with van der Waals surface area (Å²) < 4.78 is -0.527. The van der Waals surface area contributed by atoms with E-state index in [9.17, 15) is 14.4 Å². The molecule has 3 unspecified atom stereocenters. The van der Waals surface area contributed by atoms with Crippen LogP contribution in [0.5, 0.6) is 0 Å². The molecule has 1 fully saturated rings. The molecule has 2 aliphatic rings. The molecule has 3 aromatic rings. The van der Waals surface area contributed by atoms with Crippen molar-refractivity contribution in [1.29, 1.82) is 0 Å². The summed E-state index contributed by atoms with van der Waals surface area (Å²) in [5.74, 6) is -0.828. The fourth-order valence-corrected chi connectivity index (χ4v) is 6.71. The van der Waals surface area contributed by atoms with E-state index in [2.05, 4.69) is 15.6 Å². The van der Waals surface area contributed by atoms with Crippen LogP contribution < -0.4 is 10.6 Å². The van der Waals surface area contributed by atoms with E-state index in [0.717, 1.165) is 11.1 Å². The molecule has 0 radical (unpaired) electrons. The minimum Gasteiger partial charge on any atom is -0.342 e. The predicted molar refractivity (Wildman–Crippen MR) is 134 cm³/mol. The minimum atomic E-state index is -0.821. The van der Waals surface area contributed by atoms with Gasteiger partial charge < -0.3 is 15.5 Å². The third kappa shape index (κ3) is 4.10. The van der Waals surface area contributed by atoms with Gasteiger partial charge in [0.2, 0.25) is 11.8 Å². The number of rotatable bonds is 6. The standard InChI is InChI=1S/C25H24N4O3S2/c1-25(2)19(29-22(32)16-10-6-7-11-17(16)23(29)34-25)21(31)27-18(14-15-8-4-3-5-9-15)20(30)28-24-26-12-13-33-24/h3-13,18-19,23H,14H2,1-2H3,(H,27,31)(H,26,28,30). The number of thioether (sulfide) groups is 1. The topological polar surface area (TPSA) is 91.4 Å². The highest BCUT2D eigenvalue weighted by Crippen LogP contribution is 2.56. The Hall–Kier alpha value is -3.17. The van der Waals surface area contributed by atoms with Gasteiger partial charge in [0, 0.05) is 28.3 Å². The summed E-state index contributed by atoms with van der Waals surface area (Å²) in [6.45, 7) is 3.94. The van der Waals surface area contributed by atoms with Gasteiger partial charge in [0.05, 0.1) is 0 Å². The van der Waals surface area contributed by atoms with Crippen molar-refractivity contribution in [3.63, 3.8) is 0 Å². The Balaban J connectivity index is 1.41. The Bertz CT molecular complexity index is 1230. The number of carbonyl (C=O) groups is 3. The van der Waals surface area contributed by atoms with E-state index in [4.69, 9.17) is 0 Å². The summed E-state index contributed by atoms with van der Waals surface area (Å²) in [6.07, 6.45) is 1.93. The molecule has 174 valence electrons. The smallest absolute Gasteiger partial charge is 0.256 e. The Morgan fingerprint density at radius 1 is 1.12 bits per heavy atom. The van der Waals surface area contributed by atoms with E-state index in [1.165, 1.54) is 11.3 Å². The first kappa shape index (κ1) is 22.6. The largest absolute Gasteiger partial charge is 0.342 e. The Morgan fingerprint density at radius 2 is 1.85 bits per heavy atom. The zero-order valence-electron chi connectivity index (χ0n) is 18.7. The number of aromatic nitrogens is 1. The number of fused-ring (bicyclic) bond motifs is 3. The summed E-state index contributed by atoms with van der Waals surface area (Å²) in [7, 11) is 0. The molecule has 9 heteroatoms. The second kappa shape index (κ2) is 8.88. The van der Waals surface area contributed by atoms with E-state index >= 15 is 0 Å². The molecule has 2 N–H and O–H groups in total. The molecule has 34 heavy (non-hydrogen) atoms. The number of hydrogen-bond donors (Lipinski definition) is 2. The van der Waals surface area contributed by atoms with Crippen LogP contribution in [0.2, 0.25) is 0 Å². The quantitative estimate of drug-likeness (QED) is 0.545. The highest BCUT2D eigenvalue weighted by Gasteiger charge is 2.57. The fraction of sp³-hybridized carbons (Fsp3) is 0.280. The first-order valence-electron chi connectivity index (χ1n) is 11.0. The monoisotopic (exact) mass is 492 g/mol. The molecule has 5 rings (SSSR count). The van der Waals surface area contributed by atoms with Gasteiger partial charge >= 0.3 is 0 Å². The summed E-state index contributed by atoms with van der Waals surface area (Å²) in [4.78, 5) is 45.9. The number of benzene rings is 2. The van der Waals surface area contributed by atoms with E-state index in [0.29, 0.717) is 17.1 Å². The van der Waals surface area contributed by atoms with Crippen LogP contribution in [0.1, 0.15) is 40.7 Å². The summed E-state index contributed by atoms with van der Waals surface area (Å²) in [5.41, 5.74) is 2.49. The van der Waals surface area contributed by atoms with Crippen LogP contribution in [0.15, 0.2) is 66.2 Å². The molecule has 0 aliphatic carbocycles. The van der Waals surface area contributed by atoms with Crippen LogP contribution in [0.25, 0.3) is 0 Å². The number of amides is 3. The zero-order valence-corrected chi connectivity index (χ0v) is 20.4. The molecular formula is C25H24N4O3S2. The lowest BCUT2D eigenvalue weighted by atomic mass is 9.99. The maximum Gasteiger partial charge on any atom is 0.256 e. The van der Waals surface area contributed by atoms with Crippen molar-refractivity contribution in [2.75, 3.05) is 5.32 Å². The van der Waals surface area contributed by atoms with Crippen molar-refractivity contribution in [1.82, 2.24) is 15.2 Å². The van der Waals surface area contributed by atoms with Gasteiger partial charge in [-0.3, -0.25) is 14.4 Å². The lowest BCUT2D eigenvalue weighted by Crippen LogP contribution is -2.56. The van der Waals surface area contributed by atoms with Crippen LogP contribution in [0, 0.1) is 0 Å². The molecule has 1 saturated heterocycles. The van der Waals surface area contributed by atoms with Gasteiger partial charge in [0.15, 0.2) is 5.13 Å². The summed E-state index contributed by atoms with van der Waals surface area (Å²) in [6, 6.07) is 15.5. The number of nitrogens with one attached hydrogen (secondary N) is 2. The third-order valence-corrected chi connectivity index (χ3v) is 8.35. The molecule has 0 spiro atoms. The maximum absolute atomic E-state index is 13.7. The average molecular weight is 493 g/mol. The fourth-order valence-electron chi connectivity index (χ4n) is 4.59. The van der Waals surface area contributed by atoms with Crippen LogP contribution >= 0.6 is 23.1 Å². The van der Waals surface area contributed by atoms with Crippen LogP contribution in [-0.4, -0.2) is 44.4 Å². The van der Waals surface area contributed by atoms with Crippen molar-refractivity contribution in [3.8, 4) is 0 Å². The van der Waals surface area contributed by atoms with Crippen molar-refractivity contribution in [2.24, 2.45) is 0 Å². The molecule has 0 bridgehead atoms. The van der Waals surface area contributed by atoms with Crippen LogP contribution in [-0.2, 0) is 16.0 Å². The van der Waals surface area contributed by atoms with Crippen molar-refractivity contribution < 1.29 is 14.4 Å². The van der Waals surface area contributed by atoms with Gasteiger partial charge in [-0.25, -0.2) is 4.98 Å². The zero-order chi connectivity index (χ0) is 23.9. The van der Waals surface area contributed by atoms with Gasteiger partial charge in [-0.2, -0.15) is 0 Å². The SMILES string of the molecule is CC1(C)SC2c3ccccc3C(=O)N2C1C(=O)NC(Cc1ccccc1)C(=O)Nc1nccs1. The van der Waals surface area contributed by atoms with Gasteiger partial charge in [0.25, 0.3) is 5.91 Å². The molecule has 2 aliphatic heterocycles. The second-order valence-electron chi connectivity index (χ2n) is 8.85. The van der Waals surface area contributed by atoms with Crippen LogP contribution in [0.4, 0.5) is 5.13 Å². The molecule has 3 atom stereocenters. The molecule has 3 amide bonds. The second-order valence-corrected chi connectivity index (χ2v) is 11.5. The average Bonchev–Trinajstić information content (AvgIpc) is 3.49. The first-order chi connectivity index (χ1) is 16.3. The van der Waals surface area contributed by atoms with Gasteiger partial charge in [-0.1, -0.05) is 48.5 Å². The van der Waals surface area contributed by atoms with Crippen molar-refractivity contribution in [2.45, 2.75) is 42.5 Å². The molecule has 3 heterocycles. The molecular weight excluding hydrogens is 468 g/mol. The molecule has 1 aromatic heterocycles. The lowest BCUT2D eigenvalue weighted by molar-refractivity contribution is -0.130. The van der Waals surface area contributed by atoms with Crippen molar-refractivity contribution >= 4 is 46.0 Å². The van der Waals surface area contributed by atoms with E-state index in [-0.39, 0.29) is 23.1 Å². The van der Waals surface area contributed by atoms with Gasteiger partial charge in [0.1, 0.15) is 17.5 Å². The Labute approximate surface area is 206 Å². The molecule has 7 nitrogen and oxygen atoms in total. The highest BCUT2D eigenvalue weighted by molar-refractivity contribution is 8.01. The third-order valence-electron chi connectivity index (χ3n) is 6.12.